The Labute approximate surface area is 297 Å². The SMILES string of the molecule is Cc1c(N(C(=O)c2cc(-c3cc4c(cc3C(=O)OC(C)(C)C)CNCC4)n(C)c2C)c2ccc(O[Si](C)(C)C(C)(C)C)cc2)cc(C#N)n1C. The summed E-state index contributed by atoms with van der Waals surface area (Å²) in [4.78, 5) is 30.2. The molecule has 10 heteroatoms. The zero-order valence-electron chi connectivity index (χ0n) is 31.7. The number of ether oxygens (including phenoxy) is 1. The standard InChI is InChI=1S/C40H51N5O4Si/c1-25-32(22-36(44(25)10)33-19-27-17-18-42-24-28(27)20-34(33)38(47)48-39(3,4)5)37(46)45(35-21-30(23-41)43(9)26(35)2)29-13-15-31(16-14-29)49-50(11,12)40(6,7)8/h13-16,19-22,42H,17-18,24H2,1-12H3. The third-order valence-corrected chi connectivity index (χ3v) is 14.6. The van der Waals surface area contributed by atoms with Crippen molar-refractivity contribution in [3.8, 4) is 23.1 Å². The summed E-state index contributed by atoms with van der Waals surface area (Å²) in [5.41, 5.74) is 7.24. The summed E-state index contributed by atoms with van der Waals surface area (Å²) in [5.74, 6) is 0.102. The van der Waals surface area contributed by atoms with Gasteiger partial charge in [0, 0.05) is 49.0 Å². The molecule has 9 nitrogen and oxygen atoms in total. The van der Waals surface area contributed by atoms with Crippen molar-refractivity contribution < 1.29 is 18.8 Å². The highest BCUT2D eigenvalue weighted by Gasteiger charge is 2.39. The number of benzene rings is 2. The Morgan fingerprint density at radius 1 is 0.900 bits per heavy atom. The Morgan fingerprint density at radius 2 is 1.56 bits per heavy atom. The first-order valence-electron chi connectivity index (χ1n) is 17.2. The van der Waals surface area contributed by atoms with Crippen LogP contribution in [0.15, 0.2) is 48.5 Å². The van der Waals surface area contributed by atoms with Gasteiger partial charge in [-0.15, -0.1) is 0 Å². The van der Waals surface area contributed by atoms with Gasteiger partial charge in [-0.25, -0.2) is 4.79 Å². The maximum atomic E-state index is 14.9. The average molecular weight is 694 g/mol. The quantitative estimate of drug-likeness (QED) is 0.154. The van der Waals surface area contributed by atoms with Gasteiger partial charge >= 0.3 is 5.97 Å². The molecular formula is C40H51N5O4Si. The maximum Gasteiger partial charge on any atom is 0.339 e. The highest BCUT2D eigenvalue weighted by atomic mass is 28.4. The molecule has 50 heavy (non-hydrogen) atoms. The minimum Gasteiger partial charge on any atom is -0.544 e. The van der Waals surface area contributed by atoms with E-state index in [0.29, 0.717) is 34.7 Å². The summed E-state index contributed by atoms with van der Waals surface area (Å²) in [5, 5.41) is 13.3. The van der Waals surface area contributed by atoms with Crippen LogP contribution in [0.5, 0.6) is 5.75 Å². The molecule has 0 fully saturated rings. The number of aromatic nitrogens is 2. The first-order chi connectivity index (χ1) is 23.2. The summed E-state index contributed by atoms with van der Waals surface area (Å²) in [6.45, 7) is 21.9. The number of esters is 1. The van der Waals surface area contributed by atoms with E-state index in [1.807, 2.05) is 89.7 Å². The maximum absolute atomic E-state index is 14.9. The van der Waals surface area contributed by atoms with E-state index in [0.717, 1.165) is 46.9 Å². The number of nitriles is 1. The van der Waals surface area contributed by atoms with E-state index in [9.17, 15) is 14.9 Å². The molecule has 0 atom stereocenters. The molecule has 0 aliphatic carbocycles. The minimum absolute atomic E-state index is 0.0311. The van der Waals surface area contributed by atoms with E-state index in [-0.39, 0.29) is 10.9 Å². The van der Waals surface area contributed by atoms with Gasteiger partial charge in [0.05, 0.1) is 16.8 Å². The molecule has 1 aliphatic rings. The van der Waals surface area contributed by atoms with E-state index >= 15 is 0 Å². The van der Waals surface area contributed by atoms with Crippen LogP contribution >= 0.6 is 0 Å². The first kappa shape index (κ1) is 36.7. The van der Waals surface area contributed by atoms with Crippen LogP contribution in [0.25, 0.3) is 11.3 Å². The largest absolute Gasteiger partial charge is 0.544 e. The molecule has 0 saturated heterocycles. The molecule has 1 aliphatic heterocycles. The molecule has 0 unspecified atom stereocenters. The van der Waals surface area contributed by atoms with E-state index in [4.69, 9.17) is 9.16 Å². The Bertz CT molecular complexity index is 2000. The lowest BCUT2D eigenvalue weighted by Crippen LogP contribution is -2.43. The fourth-order valence-electron chi connectivity index (χ4n) is 6.03. The van der Waals surface area contributed by atoms with Gasteiger partial charge in [0.25, 0.3) is 5.91 Å². The van der Waals surface area contributed by atoms with Crippen molar-refractivity contribution in [2.45, 2.75) is 92.1 Å². The number of hydrogen-bond donors (Lipinski definition) is 1. The van der Waals surface area contributed by atoms with Crippen LogP contribution in [0.3, 0.4) is 0 Å². The van der Waals surface area contributed by atoms with Gasteiger partial charge in [0.1, 0.15) is 23.1 Å². The minimum atomic E-state index is -2.08. The molecule has 0 bridgehead atoms. The predicted molar refractivity (Wildman–Crippen MR) is 202 cm³/mol. The van der Waals surface area contributed by atoms with Crippen molar-refractivity contribution in [2.75, 3.05) is 11.4 Å². The van der Waals surface area contributed by atoms with E-state index < -0.39 is 19.9 Å². The molecule has 1 amide bonds. The second kappa shape index (κ2) is 13.3. The summed E-state index contributed by atoms with van der Waals surface area (Å²) in [7, 11) is 1.66. The van der Waals surface area contributed by atoms with Gasteiger partial charge in [0.2, 0.25) is 8.32 Å². The Kier molecular flexibility index (Phi) is 9.73. The van der Waals surface area contributed by atoms with Gasteiger partial charge in [-0.05, 0) is 125 Å². The zero-order chi connectivity index (χ0) is 36.9. The fraction of sp³-hybridized carbons (Fsp3) is 0.425. The predicted octanol–water partition coefficient (Wildman–Crippen LogP) is 8.48. The molecule has 0 radical (unpaired) electrons. The lowest BCUT2D eigenvalue weighted by atomic mass is 9.92. The second-order valence-electron chi connectivity index (χ2n) is 15.9. The Morgan fingerprint density at radius 3 is 2.14 bits per heavy atom. The number of carbonyl (C=O) groups is 2. The van der Waals surface area contributed by atoms with Crippen molar-refractivity contribution in [3.05, 3.63) is 87.9 Å². The van der Waals surface area contributed by atoms with Crippen molar-refractivity contribution in [2.24, 2.45) is 14.1 Å². The van der Waals surface area contributed by atoms with Gasteiger partial charge in [-0.1, -0.05) is 20.8 Å². The number of fused-ring (bicyclic) bond motifs is 1. The molecule has 5 rings (SSSR count). The highest BCUT2D eigenvalue weighted by molar-refractivity contribution is 6.74. The van der Waals surface area contributed by atoms with Crippen LogP contribution in [0.4, 0.5) is 11.4 Å². The topological polar surface area (TPSA) is 102 Å². The molecule has 4 aromatic rings. The zero-order valence-corrected chi connectivity index (χ0v) is 32.7. The molecule has 0 saturated carbocycles. The molecule has 2 aromatic heterocycles. The monoisotopic (exact) mass is 693 g/mol. The number of nitrogens with zero attached hydrogens (tertiary/aromatic N) is 4. The van der Waals surface area contributed by atoms with Gasteiger partial charge in [-0.2, -0.15) is 5.26 Å². The molecular weight excluding hydrogens is 643 g/mol. The normalized spacial score (nSPS) is 13.4. The lowest BCUT2D eigenvalue weighted by Gasteiger charge is -2.36. The Balaban J connectivity index is 1.64. The van der Waals surface area contributed by atoms with E-state index in [2.05, 4.69) is 51.3 Å². The number of rotatable bonds is 7. The van der Waals surface area contributed by atoms with Crippen molar-refractivity contribution in [1.82, 2.24) is 14.5 Å². The highest BCUT2D eigenvalue weighted by Crippen LogP contribution is 2.40. The number of amides is 1. The Hall–Kier alpha value is -4.59. The van der Waals surface area contributed by atoms with Crippen LogP contribution in [0, 0.1) is 25.2 Å². The van der Waals surface area contributed by atoms with Crippen LogP contribution in [-0.2, 0) is 31.8 Å². The van der Waals surface area contributed by atoms with Crippen molar-refractivity contribution >= 4 is 31.6 Å². The summed E-state index contributed by atoms with van der Waals surface area (Å²) in [6.07, 6.45) is 0.837. The lowest BCUT2D eigenvalue weighted by molar-refractivity contribution is 0.00701. The van der Waals surface area contributed by atoms with Crippen molar-refractivity contribution in [3.63, 3.8) is 0 Å². The number of nitrogens with one attached hydrogen (secondary N) is 1. The van der Waals surface area contributed by atoms with Crippen LogP contribution in [-0.4, -0.2) is 41.5 Å². The third-order valence-electron chi connectivity index (χ3n) is 10.2. The van der Waals surface area contributed by atoms with E-state index in [1.165, 1.54) is 5.56 Å². The van der Waals surface area contributed by atoms with Crippen LogP contribution in [0.2, 0.25) is 18.1 Å². The number of anilines is 2. The molecule has 264 valence electrons. The van der Waals surface area contributed by atoms with Gasteiger partial charge in [0.15, 0.2) is 0 Å². The van der Waals surface area contributed by atoms with Crippen molar-refractivity contribution in [1.29, 1.82) is 5.26 Å². The summed E-state index contributed by atoms with van der Waals surface area (Å²) >= 11 is 0. The summed E-state index contributed by atoms with van der Waals surface area (Å²) < 4.78 is 16.2. The molecule has 0 spiro atoms. The molecule has 3 heterocycles. The van der Waals surface area contributed by atoms with Crippen LogP contribution < -0.4 is 14.6 Å². The smallest absolute Gasteiger partial charge is 0.339 e. The molecule has 2 aromatic carbocycles. The van der Waals surface area contributed by atoms with Gasteiger partial charge < -0.3 is 23.6 Å². The number of hydrogen-bond acceptors (Lipinski definition) is 6. The second-order valence-corrected chi connectivity index (χ2v) is 20.6. The first-order valence-corrected chi connectivity index (χ1v) is 20.1. The van der Waals surface area contributed by atoms with Crippen LogP contribution in [0.1, 0.15) is 90.5 Å². The number of carbonyl (C=O) groups excluding carboxylic acids is 2. The molecule has 1 N–H and O–H groups in total. The fourth-order valence-corrected chi connectivity index (χ4v) is 7.07. The third kappa shape index (κ3) is 7.03. The van der Waals surface area contributed by atoms with E-state index in [1.54, 1.807) is 15.5 Å². The average Bonchev–Trinajstić information content (AvgIpc) is 3.49. The summed E-state index contributed by atoms with van der Waals surface area (Å²) in [6, 6.07) is 17.5. The van der Waals surface area contributed by atoms with Gasteiger partial charge in [-0.3, -0.25) is 9.69 Å².